The molecule has 0 bridgehead atoms. The number of ketones is 1. The molecule has 1 N–H and O–H groups in total. The zero-order chi connectivity index (χ0) is 14.2. The molecule has 1 heterocycles. The van der Waals surface area contributed by atoms with Crippen LogP contribution < -0.4 is 5.32 Å². The molecule has 2 aromatic rings. The molecule has 0 radical (unpaired) electrons. The average molecular weight is 287 g/mol. The van der Waals surface area contributed by atoms with Gasteiger partial charge in [0.05, 0.1) is 0 Å². The molecule has 1 amide bonds. The third-order valence-corrected chi connectivity index (χ3v) is 3.72. The molecule has 0 fully saturated rings. The summed E-state index contributed by atoms with van der Waals surface area (Å²) in [5, 5.41) is 6.94. The lowest BCUT2D eigenvalue weighted by Gasteiger charge is -2.04. The van der Waals surface area contributed by atoms with Gasteiger partial charge in [0.2, 0.25) is 5.91 Å². The SMILES string of the molecule is O=C(CCC(=O)c1ccccc1)NCCc1ccsc1. The van der Waals surface area contributed by atoms with Gasteiger partial charge in [-0.2, -0.15) is 11.3 Å². The molecule has 1 aromatic heterocycles. The number of carbonyl (C=O) groups is 2. The predicted octanol–water partition coefficient (Wildman–Crippen LogP) is 3.07. The van der Waals surface area contributed by atoms with E-state index in [9.17, 15) is 9.59 Å². The van der Waals surface area contributed by atoms with Crippen molar-refractivity contribution >= 4 is 23.0 Å². The lowest BCUT2D eigenvalue weighted by atomic mass is 10.1. The maximum Gasteiger partial charge on any atom is 0.220 e. The molecule has 0 saturated heterocycles. The number of amides is 1. The van der Waals surface area contributed by atoms with Crippen molar-refractivity contribution in [2.45, 2.75) is 19.3 Å². The van der Waals surface area contributed by atoms with E-state index < -0.39 is 0 Å². The van der Waals surface area contributed by atoms with E-state index in [1.165, 1.54) is 5.56 Å². The number of Topliss-reactive ketones (excluding diaryl/α,β-unsaturated/α-hetero) is 1. The highest BCUT2D eigenvalue weighted by molar-refractivity contribution is 7.07. The lowest BCUT2D eigenvalue weighted by molar-refractivity contribution is -0.121. The number of nitrogens with one attached hydrogen (secondary N) is 1. The summed E-state index contributed by atoms with van der Waals surface area (Å²) in [5.41, 5.74) is 1.90. The fraction of sp³-hybridized carbons (Fsp3) is 0.250. The minimum atomic E-state index is -0.0653. The molecular weight excluding hydrogens is 270 g/mol. The zero-order valence-electron chi connectivity index (χ0n) is 11.2. The maximum absolute atomic E-state index is 11.8. The fourth-order valence-corrected chi connectivity index (χ4v) is 2.57. The third kappa shape index (κ3) is 4.63. The summed E-state index contributed by atoms with van der Waals surface area (Å²) in [7, 11) is 0. The van der Waals surface area contributed by atoms with Gasteiger partial charge in [0.15, 0.2) is 5.78 Å². The minimum absolute atomic E-state index is 0.0126. The van der Waals surface area contributed by atoms with Crippen molar-refractivity contribution in [1.29, 1.82) is 0 Å². The topological polar surface area (TPSA) is 46.2 Å². The van der Waals surface area contributed by atoms with E-state index in [-0.39, 0.29) is 24.5 Å². The van der Waals surface area contributed by atoms with Crippen molar-refractivity contribution in [3.63, 3.8) is 0 Å². The Morgan fingerprint density at radius 1 is 1.05 bits per heavy atom. The van der Waals surface area contributed by atoms with E-state index in [4.69, 9.17) is 0 Å². The van der Waals surface area contributed by atoms with Gasteiger partial charge in [-0.05, 0) is 28.8 Å². The monoisotopic (exact) mass is 287 g/mol. The second kappa shape index (κ2) is 7.60. The van der Waals surface area contributed by atoms with Crippen molar-refractivity contribution in [3.8, 4) is 0 Å². The Balaban J connectivity index is 1.66. The van der Waals surface area contributed by atoms with Crippen molar-refractivity contribution in [2.75, 3.05) is 6.54 Å². The molecule has 2 rings (SSSR count). The Morgan fingerprint density at radius 2 is 1.85 bits per heavy atom. The highest BCUT2D eigenvalue weighted by atomic mass is 32.1. The summed E-state index contributed by atoms with van der Waals surface area (Å²) in [6, 6.07) is 11.1. The molecule has 3 nitrogen and oxygen atoms in total. The summed E-state index contributed by atoms with van der Waals surface area (Å²) < 4.78 is 0. The van der Waals surface area contributed by atoms with Crippen LogP contribution in [0.15, 0.2) is 47.2 Å². The Morgan fingerprint density at radius 3 is 2.55 bits per heavy atom. The summed E-state index contributed by atoms with van der Waals surface area (Å²) in [5.74, 6) is -0.0527. The zero-order valence-corrected chi connectivity index (χ0v) is 12.0. The fourth-order valence-electron chi connectivity index (χ4n) is 1.86. The second-order valence-electron chi connectivity index (χ2n) is 4.52. The van der Waals surface area contributed by atoms with Crippen LogP contribution in [0.25, 0.3) is 0 Å². The molecule has 0 aliphatic heterocycles. The van der Waals surface area contributed by atoms with E-state index in [2.05, 4.69) is 16.8 Å². The lowest BCUT2D eigenvalue weighted by Crippen LogP contribution is -2.25. The van der Waals surface area contributed by atoms with Crippen LogP contribution in [-0.4, -0.2) is 18.2 Å². The second-order valence-corrected chi connectivity index (χ2v) is 5.30. The number of benzene rings is 1. The van der Waals surface area contributed by atoms with Crippen LogP contribution in [-0.2, 0) is 11.2 Å². The minimum Gasteiger partial charge on any atom is -0.356 e. The maximum atomic E-state index is 11.8. The van der Waals surface area contributed by atoms with Crippen LogP contribution >= 0.6 is 11.3 Å². The van der Waals surface area contributed by atoms with Gasteiger partial charge in [-0.25, -0.2) is 0 Å². The van der Waals surface area contributed by atoms with E-state index in [1.807, 2.05) is 23.6 Å². The number of hydrogen-bond donors (Lipinski definition) is 1. The van der Waals surface area contributed by atoms with E-state index >= 15 is 0 Å². The Kier molecular flexibility index (Phi) is 5.50. The number of hydrogen-bond acceptors (Lipinski definition) is 3. The van der Waals surface area contributed by atoms with Crippen LogP contribution in [0.4, 0.5) is 0 Å². The van der Waals surface area contributed by atoms with E-state index in [1.54, 1.807) is 23.5 Å². The van der Waals surface area contributed by atoms with Crippen LogP contribution in [0.2, 0.25) is 0 Å². The molecule has 4 heteroatoms. The molecule has 104 valence electrons. The molecule has 0 spiro atoms. The molecular formula is C16H17NO2S. The van der Waals surface area contributed by atoms with Gasteiger partial charge in [-0.1, -0.05) is 30.3 Å². The standard InChI is InChI=1S/C16H17NO2S/c18-15(14-4-2-1-3-5-14)6-7-16(19)17-10-8-13-9-11-20-12-13/h1-5,9,11-12H,6-8,10H2,(H,17,19). The van der Waals surface area contributed by atoms with Crippen molar-refractivity contribution < 1.29 is 9.59 Å². The number of thiophene rings is 1. The first-order chi connectivity index (χ1) is 9.75. The summed E-state index contributed by atoms with van der Waals surface area (Å²) in [4.78, 5) is 23.5. The van der Waals surface area contributed by atoms with Gasteiger partial charge >= 0.3 is 0 Å². The summed E-state index contributed by atoms with van der Waals surface area (Å²) in [6.07, 6.45) is 1.34. The van der Waals surface area contributed by atoms with Crippen molar-refractivity contribution in [2.24, 2.45) is 0 Å². The van der Waals surface area contributed by atoms with Crippen LogP contribution in [0.5, 0.6) is 0 Å². The first-order valence-electron chi connectivity index (χ1n) is 6.62. The summed E-state index contributed by atoms with van der Waals surface area (Å²) >= 11 is 1.65. The van der Waals surface area contributed by atoms with E-state index in [0.717, 1.165) is 6.42 Å². The molecule has 0 aliphatic carbocycles. The van der Waals surface area contributed by atoms with Crippen LogP contribution in [0.1, 0.15) is 28.8 Å². The number of carbonyl (C=O) groups excluding carboxylic acids is 2. The van der Waals surface area contributed by atoms with Gasteiger partial charge in [-0.15, -0.1) is 0 Å². The van der Waals surface area contributed by atoms with Gasteiger partial charge in [0.1, 0.15) is 0 Å². The van der Waals surface area contributed by atoms with Gasteiger partial charge < -0.3 is 5.32 Å². The molecule has 0 unspecified atom stereocenters. The smallest absolute Gasteiger partial charge is 0.220 e. The van der Waals surface area contributed by atoms with E-state index in [0.29, 0.717) is 12.1 Å². The number of rotatable bonds is 7. The first kappa shape index (κ1) is 14.5. The molecule has 0 atom stereocenters. The summed E-state index contributed by atoms with van der Waals surface area (Å²) in [6.45, 7) is 0.620. The Hall–Kier alpha value is -1.94. The largest absolute Gasteiger partial charge is 0.356 e. The predicted molar refractivity (Wildman–Crippen MR) is 81.0 cm³/mol. The van der Waals surface area contributed by atoms with Gasteiger partial charge in [-0.3, -0.25) is 9.59 Å². The molecule has 20 heavy (non-hydrogen) atoms. The van der Waals surface area contributed by atoms with Crippen LogP contribution in [0.3, 0.4) is 0 Å². The van der Waals surface area contributed by atoms with Crippen molar-refractivity contribution in [1.82, 2.24) is 5.32 Å². The Labute approximate surface area is 122 Å². The third-order valence-electron chi connectivity index (χ3n) is 2.99. The Bertz CT molecular complexity index is 549. The highest BCUT2D eigenvalue weighted by Gasteiger charge is 2.08. The first-order valence-corrected chi connectivity index (χ1v) is 7.56. The normalized spacial score (nSPS) is 10.2. The average Bonchev–Trinajstić information content (AvgIpc) is 2.99. The molecule has 0 aliphatic rings. The molecule has 1 aromatic carbocycles. The van der Waals surface area contributed by atoms with Gasteiger partial charge in [0, 0.05) is 24.9 Å². The van der Waals surface area contributed by atoms with Crippen molar-refractivity contribution in [3.05, 3.63) is 58.3 Å². The highest BCUT2D eigenvalue weighted by Crippen LogP contribution is 2.06. The quantitative estimate of drug-likeness (QED) is 0.795. The molecule has 0 saturated carbocycles. The van der Waals surface area contributed by atoms with Crippen LogP contribution in [0, 0.1) is 0 Å². The van der Waals surface area contributed by atoms with Gasteiger partial charge in [0.25, 0.3) is 0 Å².